The van der Waals surface area contributed by atoms with E-state index in [4.69, 9.17) is 23.2 Å². The number of anilines is 1. The number of halogens is 2. The van der Waals surface area contributed by atoms with Gasteiger partial charge < -0.3 is 10.2 Å². The summed E-state index contributed by atoms with van der Waals surface area (Å²) >= 11 is 12.6. The maximum atomic E-state index is 14.3. The topological polar surface area (TPSA) is 86.8 Å². The Morgan fingerprint density at radius 3 is 2.14 bits per heavy atom. The maximum Gasteiger partial charge on any atom is 0.264 e. The third-order valence-corrected chi connectivity index (χ3v) is 9.31. The summed E-state index contributed by atoms with van der Waals surface area (Å²) in [6.45, 7) is 11.2. The van der Waals surface area contributed by atoms with Crippen LogP contribution in [0.3, 0.4) is 0 Å². The second kappa shape index (κ2) is 14.4. The predicted molar refractivity (Wildman–Crippen MR) is 171 cm³/mol. The second-order valence-electron chi connectivity index (χ2n) is 10.9. The molecule has 3 aromatic carbocycles. The van der Waals surface area contributed by atoms with Crippen molar-refractivity contribution in [2.75, 3.05) is 17.4 Å². The Balaban J connectivity index is 2.11. The van der Waals surface area contributed by atoms with E-state index in [9.17, 15) is 18.0 Å². The van der Waals surface area contributed by atoms with Gasteiger partial charge in [0.2, 0.25) is 11.8 Å². The fourth-order valence-corrected chi connectivity index (χ4v) is 6.45. The lowest BCUT2D eigenvalue weighted by Gasteiger charge is -2.34. The average molecular weight is 633 g/mol. The van der Waals surface area contributed by atoms with Crippen molar-refractivity contribution in [2.45, 2.75) is 65.4 Å². The Morgan fingerprint density at radius 1 is 0.905 bits per heavy atom. The maximum absolute atomic E-state index is 14.3. The van der Waals surface area contributed by atoms with Gasteiger partial charge in [0.1, 0.15) is 12.6 Å². The van der Waals surface area contributed by atoms with Crippen molar-refractivity contribution >= 4 is 50.7 Å². The van der Waals surface area contributed by atoms with Crippen molar-refractivity contribution in [3.8, 4) is 0 Å². The Kier molecular flexibility index (Phi) is 11.5. The number of rotatable bonds is 12. The minimum Gasteiger partial charge on any atom is -0.354 e. The van der Waals surface area contributed by atoms with E-state index in [2.05, 4.69) is 5.32 Å². The van der Waals surface area contributed by atoms with Crippen LogP contribution in [0.15, 0.2) is 65.6 Å². The summed E-state index contributed by atoms with van der Waals surface area (Å²) in [6, 6.07) is 16.1. The highest BCUT2D eigenvalue weighted by atomic mass is 35.5. The Hall–Kier alpha value is -3.07. The molecule has 0 saturated heterocycles. The van der Waals surface area contributed by atoms with Gasteiger partial charge in [-0.1, -0.05) is 79.9 Å². The lowest BCUT2D eigenvalue weighted by molar-refractivity contribution is -0.140. The van der Waals surface area contributed by atoms with Crippen molar-refractivity contribution in [3.63, 3.8) is 0 Å². The van der Waals surface area contributed by atoms with Crippen molar-refractivity contribution in [1.82, 2.24) is 10.2 Å². The van der Waals surface area contributed by atoms with Gasteiger partial charge in [0.25, 0.3) is 10.0 Å². The number of carbonyl (C=O) groups excluding carboxylic acids is 2. The molecule has 7 nitrogen and oxygen atoms in total. The largest absolute Gasteiger partial charge is 0.354 e. The first kappa shape index (κ1) is 33.4. The molecule has 0 aromatic heterocycles. The van der Waals surface area contributed by atoms with Crippen LogP contribution < -0.4 is 9.62 Å². The molecule has 0 bridgehead atoms. The van der Waals surface area contributed by atoms with E-state index in [-0.39, 0.29) is 23.3 Å². The van der Waals surface area contributed by atoms with Crippen LogP contribution in [0.2, 0.25) is 10.0 Å². The van der Waals surface area contributed by atoms with Crippen molar-refractivity contribution in [1.29, 1.82) is 0 Å². The zero-order valence-corrected chi connectivity index (χ0v) is 27.3. The average Bonchev–Trinajstić information content (AvgIpc) is 2.93. The first-order chi connectivity index (χ1) is 19.7. The molecule has 0 spiro atoms. The van der Waals surface area contributed by atoms with E-state index < -0.39 is 28.5 Å². The highest BCUT2D eigenvalue weighted by Gasteiger charge is 2.34. The highest BCUT2D eigenvalue weighted by Crippen LogP contribution is 2.29. The molecule has 0 fully saturated rings. The number of carbonyl (C=O) groups is 2. The number of sulfonamides is 1. The number of nitrogens with zero attached hydrogens (tertiary/aromatic N) is 2. The summed E-state index contributed by atoms with van der Waals surface area (Å²) < 4.78 is 29.3. The molecular formula is C32H39Cl2N3O4S. The number of nitrogens with one attached hydrogen (secondary N) is 1. The summed E-state index contributed by atoms with van der Waals surface area (Å²) in [4.78, 5) is 29.1. The van der Waals surface area contributed by atoms with Gasteiger partial charge in [-0.2, -0.15) is 0 Å². The molecule has 1 atom stereocenters. The van der Waals surface area contributed by atoms with Gasteiger partial charge in [0, 0.05) is 23.1 Å². The van der Waals surface area contributed by atoms with E-state index >= 15 is 0 Å². The van der Waals surface area contributed by atoms with Crippen LogP contribution in [0.4, 0.5) is 5.69 Å². The van der Waals surface area contributed by atoms with E-state index in [0.717, 1.165) is 15.4 Å². The SMILES string of the molecule is CC[C@@H](C(=O)NCC(C)C)N(Cc1ccc(Cl)cc1Cl)C(=O)CN(c1cc(C)ccc1C)S(=O)(=O)c1ccc(C)cc1. The van der Waals surface area contributed by atoms with Gasteiger partial charge in [-0.05, 0) is 80.1 Å². The minimum absolute atomic E-state index is 0.00629. The summed E-state index contributed by atoms with van der Waals surface area (Å²) in [5.41, 5.74) is 3.43. The summed E-state index contributed by atoms with van der Waals surface area (Å²) in [5.74, 6) is -0.644. The Morgan fingerprint density at radius 2 is 1.55 bits per heavy atom. The van der Waals surface area contributed by atoms with E-state index in [1.807, 2.05) is 46.8 Å². The lowest BCUT2D eigenvalue weighted by Crippen LogP contribution is -2.52. The quantitative estimate of drug-likeness (QED) is 0.241. The zero-order valence-electron chi connectivity index (χ0n) is 24.9. The van der Waals surface area contributed by atoms with Gasteiger partial charge in [-0.15, -0.1) is 0 Å². The molecular weight excluding hydrogens is 593 g/mol. The third kappa shape index (κ3) is 8.27. The van der Waals surface area contributed by atoms with Crippen molar-refractivity contribution in [3.05, 3.63) is 93.0 Å². The summed E-state index contributed by atoms with van der Waals surface area (Å²) in [7, 11) is -4.16. The van der Waals surface area contributed by atoms with Crippen LogP contribution in [0, 0.1) is 26.7 Å². The Labute approximate surface area is 259 Å². The van der Waals surface area contributed by atoms with Crippen LogP contribution in [-0.2, 0) is 26.2 Å². The molecule has 0 unspecified atom stereocenters. The van der Waals surface area contributed by atoms with E-state index in [1.54, 1.807) is 43.3 Å². The van der Waals surface area contributed by atoms with Crippen molar-refractivity contribution < 1.29 is 18.0 Å². The molecule has 0 aliphatic rings. The van der Waals surface area contributed by atoms with E-state index in [1.165, 1.54) is 17.0 Å². The second-order valence-corrected chi connectivity index (χ2v) is 13.6. The minimum atomic E-state index is -4.16. The van der Waals surface area contributed by atoms with Gasteiger partial charge >= 0.3 is 0 Å². The van der Waals surface area contributed by atoms with Gasteiger partial charge in [0.05, 0.1) is 10.6 Å². The molecule has 1 N–H and O–H groups in total. The highest BCUT2D eigenvalue weighted by molar-refractivity contribution is 7.92. The van der Waals surface area contributed by atoms with Crippen molar-refractivity contribution in [2.24, 2.45) is 5.92 Å². The molecule has 226 valence electrons. The summed E-state index contributed by atoms with van der Waals surface area (Å²) in [5, 5.41) is 3.70. The van der Waals surface area contributed by atoms with Gasteiger partial charge in [-0.25, -0.2) is 8.42 Å². The fourth-order valence-electron chi connectivity index (χ4n) is 4.51. The molecule has 0 aliphatic heterocycles. The molecule has 0 radical (unpaired) electrons. The van der Waals surface area contributed by atoms with Crippen LogP contribution in [0.25, 0.3) is 0 Å². The van der Waals surface area contributed by atoms with Crippen LogP contribution in [0.5, 0.6) is 0 Å². The standard InChI is InChI=1S/C32H39Cl2N3O4S/c1-7-29(32(39)35-18-21(2)3)36(19-25-12-13-26(33)17-28(25)34)31(38)20-37(30-16-23(5)8-11-24(30)6)42(40,41)27-14-9-22(4)10-15-27/h8-17,21,29H,7,18-20H2,1-6H3,(H,35,39)/t29-/m0/s1. The predicted octanol–water partition coefficient (Wildman–Crippen LogP) is 6.69. The summed E-state index contributed by atoms with van der Waals surface area (Å²) in [6.07, 6.45) is 0.315. The molecule has 0 heterocycles. The molecule has 0 aliphatic carbocycles. The number of amides is 2. The molecule has 10 heteroatoms. The molecule has 42 heavy (non-hydrogen) atoms. The first-order valence-corrected chi connectivity index (χ1v) is 16.1. The lowest BCUT2D eigenvalue weighted by atomic mass is 10.1. The number of aryl methyl sites for hydroxylation is 3. The smallest absolute Gasteiger partial charge is 0.264 e. The number of hydrogen-bond acceptors (Lipinski definition) is 4. The van der Waals surface area contributed by atoms with E-state index in [0.29, 0.717) is 39.8 Å². The third-order valence-electron chi connectivity index (χ3n) is 6.95. The number of benzene rings is 3. The van der Waals surface area contributed by atoms with Gasteiger partial charge in [0.15, 0.2) is 0 Å². The first-order valence-electron chi connectivity index (χ1n) is 13.9. The monoisotopic (exact) mass is 631 g/mol. The van der Waals surface area contributed by atoms with Gasteiger partial charge in [-0.3, -0.25) is 13.9 Å². The zero-order chi connectivity index (χ0) is 31.2. The Bertz CT molecular complexity index is 1530. The molecule has 2 amide bonds. The molecule has 3 rings (SSSR count). The fraction of sp³-hybridized carbons (Fsp3) is 0.375. The van der Waals surface area contributed by atoms with Crippen LogP contribution in [0.1, 0.15) is 49.4 Å². The van der Waals surface area contributed by atoms with Crippen LogP contribution >= 0.6 is 23.2 Å². The van der Waals surface area contributed by atoms with Crippen LogP contribution in [-0.4, -0.2) is 44.3 Å². The number of hydrogen-bond donors (Lipinski definition) is 1. The normalized spacial score (nSPS) is 12.2. The molecule has 0 saturated carbocycles. The molecule has 3 aromatic rings.